The van der Waals surface area contributed by atoms with Crippen molar-refractivity contribution >= 4 is 11.5 Å². The number of halogens is 3. The molecule has 82 valence electrons. The molecule has 2 N–H and O–H groups in total. The first kappa shape index (κ1) is 11.3. The van der Waals surface area contributed by atoms with Crippen molar-refractivity contribution in [1.29, 1.82) is 0 Å². The van der Waals surface area contributed by atoms with E-state index < -0.39 is 24.1 Å². The van der Waals surface area contributed by atoms with Crippen molar-refractivity contribution in [3.8, 4) is 0 Å². The summed E-state index contributed by atoms with van der Waals surface area (Å²) in [6.07, 6.45) is -4.43. The first-order chi connectivity index (χ1) is 6.95. The van der Waals surface area contributed by atoms with Crippen LogP contribution >= 0.6 is 0 Å². The van der Waals surface area contributed by atoms with Crippen molar-refractivity contribution < 1.29 is 22.4 Å². The molecule has 1 heterocycles. The lowest BCUT2D eigenvalue weighted by Crippen LogP contribution is -2.27. The van der Waals surface area contributed by atoms with Crippen LogP contribution in [0.4, 0.5) is 13.2 Å². The molecule has 0 aliphatic carbocycles. The molecule has 1 aromatic heterocycles. The van der Waals surface area contributed by atoms with Crippen LogP contribution in [0, 0.1) is 0 Å². The van der Waals surface area contributed by atoms with Gasteiger partial charge in [0.05, 0.1) is 12.7 Å². The Morgan fingerprint density at radius 3 is 2.60 bits per heavy atom. The third-order valence-corrected chi connectivity index (χ3v) is 1.61. The first-order valence-corrected chi connectivity index (χ1v) is 3.86. The summed E-state index contributed by atoms with van der Waals surface area (Å²) in [7, 11) is 0. The zero-order chi connectivity index (χ0) is 11.5. The molecule has 0 saturated carbocycles. The normalized spacial score (nSPS) is 12.9. The van der Waals surface area contributed by atoms with Crippen molar-refractivity contribution in [3.05, 3.63) is 24.2 Å². The number of rotatable bonds is 3. The average Bonchev–Trinajstić information content (AvgIpc) is 2.64. The van der Waals surface area contributed by atoms with Crippen molar-refractivity contribution in [2.45, 2.75) is 12.6 Å². The van der Waals surface area contributed by atoms with Crippen LogP contribution in [0.15, 0.2) is 27.9 Å². The van der Waals surface area contributed by atoms with Crippen LogP contribution in [0.1, 0.15) is 17.0 Å². The van der Waals surface area contributed by atoms with E-state index in [2.05, 4.69) is 15.4 Å². The second-order valence-electron chi connectivity index (χ2n) is 2.65. The average molecular weight is 220 g/mol. The van der Waals surface area contributed by atoms with E-state index in [0.717, 1.165) is 0 Å². The van der Waals surface area contributed by atoms with Crippen molar-refractivity contribution in [3.63, 3.8) is 0 Å². The molecule has 0 aliphatic rings. The van der Waals surface area contributed by atoms with E-state index in [1.54, 1.807) is 0 Å². The number of nitrogens with two attached hydrogens (primary N) is 1. The third-order valence-electron chi connectivity index (χ3n) is 1.61. The molecule has 15 heavy (non-hydrogen) atoms. The summed E-state index contributed by atoms with van der Waals surface area (Å²) < 4.78 is 41.0. The SMILES string of the molecule is N/N=C(/CC(=O)c1ccco1)C(F)(F)F. The molecule has 0 radical (unpaired) electrons. The van der Waals surface area contributed by atoms with Crippen LogP contribution in [0.2, 0.25) is 0 Å². The van der Waals surface area contributed by atoms with Gasteiger partial charge in [-0.3, -0.25) is 4.79 Å². The number of ketones is 1. The zero-order valence-corrected chi connectivity index (χ0v) is 7.41. The van der Waals surface area contributed by atoms with E-state index >= 15 is 0 Å². The molecule has 0 fully saturated rings. The van der Waals surface area contributed by atoms with Crippen LogP contribution < -0.4 is 5.84 Å². The molecule has 0 saturated heterocycles. The molecule has 0 bridgehead atoms. The van der Waals surface area contributed by atoms with Crippen LogP contribution in [-0.4, -0.2) is 17.7 Å². The smallest absolute Gasteiger partial charge is 0.431 e. The topological polar surface area (TPSA) is 68.6 Å². The van der Waals surface area contributed by atoms with Gasteiger partial charge < -0.3 is 10.3 Å². The van der Waals surface area contributed by atoms with Crippen LogP contribution in [0.5, 0.6) is 0 Å². The summed E-state index contributed by atoms with van der Waals surface area (Å²) >= 11 is 0. The van der Waals surface area contributed by atoms with E-state index in [1.165, 1.54) is 18.4 Å². The third kappa shape index (κ3) is 2.83. The summed E-state index contributed by atoms with van der Waals surface area (Å²) in [4.78, 5) is 11.2. The van der Waals surface area contributed by atoms with Gasteiger partial charge in [-0.2, -0.15) is 18.3 Å². The summed E-state index contributed by atoms with van der Waals surface area (Å²) in [5.41, 5.74) is -1.33. The number of nitrogens with zero attached hydrogens (tertiary/aromatic N) is 1. The van der Waals surface area contributed by atoms with Gasteiger partial charge in [-0.25, -0.2) is 0 Å². The summed E-state index contributed by atoms with van der Waals surface area (Å²) in [5, 5.41) is 2.54. The zero-order valence-electron chi connectivity index (χ0n) is 7.41. The number of Topliss-reactive ketones (excluding diaryl/α,β-unsaturated/α-hetero) is 1. The number of hydrogen-bond donors (Lipinski definition) is 1. The van der Waals surface area contributed by atoms with E-state index in [9.17, 15) is 18.0 Å². The van der Waals surface area contributed by atoms with Gasteiger partial charge in [-0.05, 0) is 12.1 Å². The second kappa shape index (κ2) is 4.16. The highest BCUT2D eigenvalue weighted by Gasteiger charge is 2.37. The molecule has 0 spiro atoms. The molecule has 0 aliphatic heterocycles. The lowest BCUT2D eigenvalue weighted by Gasteiger charge is -2.06. The Kier molecular flexibility index (Phi) is 3.13. The Hall–Kier alpha value is -1.79. The van der Waals surface area contributed by atoms with E-state index in [4.69, 9.17) is 0 Å². The standard InChI is InChI=1S/C8H7F3N2O2/c9-8(10,11)7(13-12)4-5(14)6-2-1-3-15-6/h1-3H,4,12H2/b13-7-. The Balaban J connectivity index is 2.74. The van der Waals surface area contributed by atoms with Gasteiger partial charge >= 0.3 is 6.18 Å². The second-order valence-corrected chi connectivity index (χ2v) is 2.65. The number of carbonyl (C=O) groups excluding carboxylic acids is 1. The van der Waals surface area contributed by atoms with E-state index in [1.807, 2.05) is 0 Å². The fourth-order valence-corrected chi connectivity index (χ4v) is 0.895. The molecular weight excluding hydrogens is 213 g/mol. The van der Waals surface area contributed by atoms with Gasteiger partial charge in [0.25, 0.3) is 0 Å². The Morgan fingerprint density at radius 2 is 2.20 bits per heavy atom. The number of alkyl halides is 3. The Bertz CT molecular complexity index is 368. The number of furan rings is 1. The van der Waals surface area contributed by atoms with Gasteiger partial charge in [-0.1, -0.05) is 0 Å². The number of carbonyl (C=O) groups is 1. The van der Waals surface area contributed by atoms with Gasteiger partial charge in [0.2, 0.25) is 5.78 Å². The molecular formula is C8H7F3N2O2. The van der Waals surface area contributed by atoms with Crippen LogP contribution in [0.3, 0.4) is 0 Å². The summed E-state index contributed by atoms with van der Waals surface area (Å²) in [6.45, 7) is 0. The minimum absolute atomic E-state index is 0.152. The molecule has 1 rings (SSSR count). The monoisotopic (exact) mass is 220 g/mol. The number of hydrazone groups is 1. The molecule has 1 aromatic rings. The molecule has 0 atom stereocenters. The fourth-order valence-electron chi connectivity index (χ4n) is 0.895. The van der Waals surface area contributed by atoms with Crippen molar-refractivity contribution in [2.75, 3.05) is 0 Å². The van der Waals surface area contributed by atoms with Crippen molar-refractivity contribution in [1.82, 2.24) is 0 Å². The molecule has 0 unspecified atom stereocenters. The fraction of sp³-hybridized carbons (Fsp3) is 0.250. The summed E-state index contributed by atoms with van der Waals surface area (Å²) in [5.74, 6) is 3.58. The van der Waals surface area contributed by atoms with Crippen molar-refractivity contribution in [2.24, 2.45) is 10.9 Å². The van der Waals surface area contributed by atoms with Gasteiger partial charge in [0.15, 0.2) is 5.76 Å². The highest BCUT2D eigenvalue weighted by Crippen LogP contribution is 2.20. The molecule has 0 aromatic carbocycles. The maximum absolute atomic E-state index is 12.1. The molecule has 4 nitrogen and oxygen atoms in total. The maximum Gasteiger partial charge on any atom is 0.431 e. The van der Waals surface area contributed by atoms with Crippen LogP contribution in [0.25, 0.3) is 0 Å². The quantitative estimate of drug-likeness (QED) is 0.365. The lowest BCUT2D eigenvalue weighted by molar-refractivity contribution is -0.0604. The predicted molar refractivity (Wildman–Crippen MR) is 45.3 cm³/mol. The minimum atomic E-state index is -4.70. The largest absolute Gasteiger partial charge is 0.461 e. The van der Waals surface area contributed by atoms with Crippen LogP contribution in [-0.2, 0) is 0 Å². The Morgan fingerprint density at radius 1 is 1.53 bits per heavy atom. The predicted octanol–water partition coefficient (Wildman–Crippen LogP) is 1.73. The van der Waals surface area contributed by atoms with Gasteiger partial charge in [0.1, 0.15) is 5.71 Å². The maximum atomic E-state index is 12.1. The first-order valence-electron chi connectivity index (χ1n) is 3.86. The van der Waals surface area contributed by atoms with E-state index in [-0.39, 0.29) is 5.76 Å². The highest BCUT2D eigenvalue weighted by molar-refractivity contribution is 6.10. The molecule has 7 heteroatoms. The summed E-state index contributed by atoms with van der Waals surface area (Å²) in [6, 6.07) is 2.67. The number of hydrogen-bond acceptors (Lipinski definition) is 4. The molecule has 0 amide bonds. The highest BCUT2D eigenvalue weighted by atomic mass is 19.4. The van der Waals surface area contributed by atoms with E-state index in [0.29, 0.717) is 0 Å². The van der Waals surface area contributed by atoms with Gasteiger partial charge in [0, 0.05) is 0 Å². The Labute approximate surface area is 82.5 Å². The lowest BCUT2D eigenvalue weighted by atomic mass is 10.1. The minimum Gasteiger partial charge on any atom is -0.461 e. The van der Waals surface area contributed by atoms with Gasteiger partial charge in [-0.15, -0.1) is 0 Å².